The monoisotopic (exact) mass is 281 g/mol. The lowest BCUT2D eigenvalue weighted by molar-refractivity contribution is 0.511. The fourth-order valence-electron chi connectivity index (χ4n) is 1.44. The molecule has 1 N–H and O–H groups in total. The molecule has 0 spiro atoms. The van der Waals surface area contributed by atoms with E-state index in [0.29, 0.717) is 12.4 Å². The van der Waals surface area contributed by atoms with Crippen LogP contribution < -0.4 is 4.72 Å². The molecular weight excluding hydrogens is 266 g/mol. The molecule has 0 amide bonds. The first-order valence-corrected chi connectivity index (χ1v) is 7.56. The molecular formula is C11H15N5O2S. The van der Waals surface area contributed by atoms with E-state index in [1.165, 1.54) is 4.80 Å². The standard InChI is InChI=1S/C11H15N5O2S/c1-2-19(17,18)12-8-9-16-14-11(13-15-16)10-6-4-3-5-7-10/h3-7,12H,2,8-9H2,1H3. The van der Waals surface area contributed by atoms with Crippen LogP contribution in [0, 0.1) is 0 Å². The number of hydrogen-bond acceptors (Lipinski definition) is 5. The number of nitrogens with one attached hydrogen (secondary N) is 1. The molecule has 0 aliphatic rings. The van der Waals surface area contributed by atoms with E-state index in [-0.39, 0.29) is 12.3 Å². The Kier molecular flexibility index (Phi) is 4.23. The lowest BCUT2D eigenvalue weighted by atomic mass is 10.2. The van der Waals surface area contributed by atoms with Gasteiger partial charge in [0.05, 0.1) is 12.3 Å². The predicted octanol–water partition coefficient (Wildman–Crippen LogP) is 0.279. The van der Waals surface area contributed by atoms with E-state index in [2.05, 4.69) is 20.1 Å². The molecule has 1 aromatic carbocycles. The quantitative estimate of drug-likeness (QED) is 0.821. The first-order valence-electron chi connectivity index (χ1n) is 5.91. The summed E-state index contributed by atoms with van der Waals surface area (Å²) in [6.45, 7) is 2.18. The highest BCUT2D eigenvalue weighted by Gasteiger charge is 2.07. The van der Waals surface area contributed by atoms with Crippen LogP contribution in [0.5, 0.6) is 0 Å². The van der Waals surface area contributed by atoms with E-state index in [9.17, 15) is 8.42 Å². The number of rotatable bonds is 6. The molecule has 2 aromatic rings. The van der Waals surface area contributed by atoms with Gasteiger partial charge >= 0.3 is 0 Å². The zero-order chi connectivity index (χ0) is 13.7. The molecule has 0 aliphatic heterocycles. The van der Waals surface area contributed by atoms with Crippen LogP contribution in [0.4, 0.5) is 0 Å². The minimum atomic E-state index is -3.17. The molecule has 0 aliphatic carbocycles. The van der Waals surface area contributed by atoms with Crippen molar-refractivity contribution < 1.29 is 8.42 Å². The molecule has 1 aromatic heterocycles. The molecule has 0 bridgehead atoms. The van der Waals surface area contributed by atoms with Crippen molar-refractivity contribution >= 4 is 10.0 Å². The number of sulfonamides is 1. The molecule has 19 heavy (non-hydrogen) atoms. The summed E-state index contributed by atoms with van der Waals surface area (Å²) in [5.74, 6) is 0.589. The van der Waals surface area contributed by atoms with Crippen molar-refractivity contribution in [1.29, 1.82) is 0 Å². The fraction of sp³-hybridized carbons (Fsp3) is 0.364. The zero-order valence-corrected chi connectivity index (χ0v) is 11.3. The zero-order valence-electron chi connectivity index (χ0n) is 10.5. The van der Waals surface area contributed by atoms with Crippen LogP contribution in [-0.4, -0.2) is 40.9 Å². The number of aromatic nitrogens is 4. The largest absolute Gasteiger partial charge is 0.213 e. The van der Waals surface area contributed by atoms with Crippen LogP contribution in [-0.2, 0) is 16.6 Å². The Hall–Kier alpha value is -1.80. The van der Waals surface area contributed by atoms with Gasteiger partial charge in [-0.2, -0.15) is 4.80 Å². The molecule has 7 nitrogen and oxygen atoms in total. The smallest absolute Gasteiger partial charge is 0.211 e. The molecule has 0 radical (unpaired) electrons. The highest BCUT2D eigenvalue weighted by atomic mass is 32.2. The van der Waals surface area contributed by atoms with Gasteiger partial charge in [0, 0.05) is 12.1 Å². The van der Waals surface area contributed by atoms with Gasteiger partial charge in [0.25, 0.3) is 0 Å². The predicted molar refractivity (Wildman–Crippen MR) is 70.7 cm³/mol. The molecule has 102 valence electrons. The van der Waals surface area contributed by atoms with Gasteiger partial charge in [-0.05, 0) is 12.1 Å². The van der Waals surface area contributed by atoms with E-state index >= 15 is 0 Å². The van der Waals surface area contributed by atoms with Crippen molar-refractivity contribution in [3.8, 4) is 11.4 Å². The van der Waals surface area contributed by atoms with E-state index in [0.717, 1.165) is 5.56 Å². The second-order valence-electron chi connectivity index (χ2n) is 3.87. The van der Waals surface area contributed by atoms with Crippen LogP contribution in [0.15, 0.2) is 30.3 Å². The van der Waals surface area contributed by atoms with Gasteiger partial charge in [-0.1, -0.05) is 30.3 Å². The molecule has 2 rings (SSSR count). The Morgan fingerprint density at radius 2 is 2.00 bits per heavy atom. The molecule has 1 heterocycles. The molecule has 8 heteroatoms. The second kappa shape index (κ2) is 5.89. The van der Waals surface area contributed by atoms with Crippen molar-refractivity contribution in [2.45, 2.75) is 13.5 Å². The number of benzene rings is 1. The molecule has 0 saturated heterocycles. The first-order chi connectivity index (χ1) is 9.11. The Bertz CT molecular complexity index is 624. The van der Waals surface area contributed by atoms with Crippen molar-refractivity contribution in [2.24, 2.45) is 0 Å². The Labute approximate surface area is 111 Å². The van der Waals surface area contributed by atoms with Gasteiger partial charge in [0.15, 0.2) is 0 Å². The maximum Gasteiger partial charge on any atom is 0.211 e. The summed E-state index contributed by atoms with van der Waals surface area (Å²) >= 11 is 0. The summed E-state index contributed by atoms with van der Waals surface area (Å²) in [5.41, 5.74) is 0.878. The van der Waals surface area contributed by atoms with Crippen LogP contribution in [0.3, 0.4) is 0 Å². The topological polar surface area (TPSA) is 89.8 Å². The van der Waals surface area contributed by atoms with Crippen LogP contribution in [0.1, 0.15) is 6.92 Å². The van der Waals surface area contributed by atoms with Gasteiger partial charge in [-0.25, -0.2) is 13.1 Å². The summed E-state index contributed by atoms with van der Waals surface area (Å²) in [5, 5.41) is 12.0. The molecule has 0 saturated carbocycles. The molecule has 0 fully saturated rings. The fourth-order valence-corrected chi connectivity index (χ4v) is 2.05. The van der Waals surface area contributed by atoms with E-state index in [4.69, 9.17) is 0 Å². The normalized spacial score (nSPS) is 11.6. The maximum atomic E-state index is 11.2. The summed E-state index contributed by atoms with van der Waals surface area (Å²) in [6.07, 6.45) is 0. The third kappa shape index (κ3) is 3.83. The van der Waals surface area contributed by atoms with Crippen LogP contribution in [0.2, 0.25) is 0 Å². The Balaban J connectivity index is 1.95. The van der Waals surface area contributed by atoms with Crippen LogP contribution in [0.25, 0.3) is 11.4 Å². The molecule has 0 unspecified atom stereocenters. The lowest BCUT2D eigenvalue weighted by Crippen LogP contribution is -2.29. The van der Waals surface area contributed by atoms with E-state index < -0.39 is 10.0 Å². The summed E-state index contributed by atoms with van der Waals surface area (Å²) in [4.78, 5) is 1.38. The average Bonchev–Trinajstić information content (AvgIpc) is 2.88. The van der Waals surface area contributed by atoms with Crippen molar-refractivity contribution in [2.75, 3.05) is 12.3 Å². The average molecular weight is 281 g/mol. The molecule has 0 atom stereocenters. The van der Waals surface area contributed by atoms with Crippen LogP contribution >= 0.6 is 0 Å². The summed E-state index contributed by atoms with van der Waals surface area (Å²) in [6, 6.07) is 9.48. The Morgan fingerprint density at radius 1 is 1.26 bits per heavy atom. The number of nitrogens with zero attached hydrogens (tertiary/aromatic N) is 4. The first kappa shape index (κ1) is 13.6. The van der Waals surface area contributed by atoms with Gasteiger partial charge in [-0.3, -0.25) is 0 Å². The summed E-state index contributed by atoms with van der Waals surface area (Å²) < 4.78 is 24.9. The van der Waals surface area contributed by atoms with Gasteiger partial charge < -0.3 is 0 Å². The lowest BCUT2D eigenvalue weighted by Gasteiger charge is -2.02. The Morgan fingerprint density at radius 3 is 2.68 bits per heavy atom. The minimum absolute atomic E-state index is 0.0626. The highest BCUT2D eigenvalue weighted by Crippen LogP contribution is 2.11. The summed E-state index contributed by atoms with van der Waals surface area (Å²) in [7, 11) is -3.17. The van der Waals surface area contributed by atoms with E-state index in [1.54, 1.807) is 6.92 Å². The van der Waals surface area contributed by atoms with Gasteiger partial charge in [0.1, 0.15) is 0 Å². The number of hydrogen-bond donors (Lipinski definition) is 1. The van der Waals surface area contributed by atoms with Crippen molar-refractivity contribution in [1.82, 2.24) is 24.9 Å². The second-order valence-corrected chi connectivity index (χ2v) is 5.97. The van der Waals surface area contributed by atoms with Gasteiger partial charge in [-0.15, -0.1) is 10.2 Å². The van der Waals surface area contributed by atoms with Crippen molar-refractivity contribution in [3.63, 3.8) is 0 Å². The highest BCUT2D eigenvalue weighted by molar-refractivity contribution is 7.89. The van der Waals surface area contributed by atoms with Crippen molar-refractivity contribution in [3.05, 3.63) is 30.3 Å². The van der Waals surface area contributed by atoms with E-state index in [1.807, 2.05) is 30.3 Å². The maximum absolute atomic E-state index is 11.2. The van der Waals surface area contributed by atoms with Gasteiger partial charge in [0.2, 0.25) is 15.8 Å². The third-order valence-electron chi connectivity index (χ3n) is 2.50. The number of tetrazole rings is 1. The third-order valence-corrected chi connectivity index (χ3v) is 3.90. The SMILES string of the molecule is CCS(=O)(=O)NCCn1nnc(-c2ccccc2)n1. The minimum Gasteiger partial charge on any atom is -0.213 e.